The lowest BCUT2D eigenvalue weighted by atomic mass is 10.4. The van der Waals surface area contributed by atoms with Gasteiger partial charge in [-0.2, -0.15) is 0 Å². The van der Waals surface area contributed by atoms with Crippen LogP contribution in [-0.2, 0) is 27.5 Å². The molecule has 1 aliphatic rings. The van der Waals surface area contributed by atoms with Gasteiger partial charge in [0.05, 0.1) is 65.6 Å². The number of aliphatic hydroxyl groups is 1. The Morgan fingerprint density at radius 3 is 2.36 bits per heavy atom. The Balaban J connectivity index is 2.61. The van der Waals surface area contributed by atoms with Crippen molar-refractivity contribution < 1.29 is 32.6 Å². The van der Waals surface area contributed by atoms with Crippen LogP contribution in [0.3, 0.4) is 0 Å². The van der Waals surface area contributed by atoms with E-state index in [0.717, 1.165) is 0 Å². The molecule has 0 bridgehead atoms. The van der Waals surface area contributed by atoms with E-state index in [0.29, 0.717) is 46.2 Å². The molecule has 22 heavy (non-hydrogen) atoms. The Kier molecular flexibility index (Phi) is 10.4. The second-order valence-corrected chi connectivity index (χ2v) is 8.62. The largest absolute Gasteiger partial charge is 0.503 e. The molecule has 1 N–H and O–H groups in total. The Bertz CT molecular complexity index is 280. The van der Waals surface area contributed by atoms with E-state index in [9.17, 15) is 0 Å². The Morgan fingerprint density at radius 2 is 1.68 bits per heavy atom. The number of hydrogen-bond acceptors (Lipinski definition) is 7. The summed E-state index contributed by atoms with van der Waals surface area (Å²) in [6.07, 6.45) is 0.000866. The zero-order valence-electron chi connectivity index (χ0n) is 13.9. The van der Waals surface area contributed by atoms with Crippen LogP contribution in [0.25, 0.3) is 0 Å². The molecular weight excluding hydrogens is 308 g/mol. The van der Waals surface area contributed by atoms with Crippen molar-refractivity contribution in [2.45, 2.75) is 32.4 Å². The zero-order valence-corrected chi connectivity index (χ0v) is 14.9. The summed E-state index contributed by atoms with van der Waals surface area (Å²) >= 11 is 0. The fourth-order valence-corrected chi connectivity index (χ4v) is 4.37. The summed E-state index contributed by atoms with van der Waals surface area (Å²) < 4.78 is 34.2. The average Bonchev–Trinajstić information content (AvgIpc) is 2.50. The molecular formula is C14H30O7Si. The van der Waals surface area contributed by atoms with Crippen molar-refractivity contribution in [1.29, 1.82) is 0 Å². The van der Waals surface area contributed by atoms with Crippen molar-refractivity contribution in [2.75, 3.05) is 59.5 Å². The van der Waals surface area contributed by atoms with Gasteiger partial charge in [-0.15, -0.1) is 0 Å². The molecule has 1 heterocycles. The van der Waals surface area contributed by atoms with Crippen LogP contribution in [0, 0.1) is 0 Å². The molecule has 1 fully saturated rings. The highest BCUT2D eigenvalue weighted by atomic mass is 28.4. The summed E-state index contributed by atoms with van der Waals surface area (Å²) in [5, 5.41) is 9.03. The topological polar surface area (TPSA) is 75.6 Å². The molecule has 0 saturated carbocycles. The lowest BCUT2D eigenvalue weighted by molar-refractivity contribution is -0.0520. The molecule has 132 valence electrons. The normalized spacial score (nSPS) is 30.1. The third-order valence-electron chi connectivity index (χ3n) is 3.15. The van der Waals surface area contributed by atoms with Gasteiger partial charge >= 0.3 is 8.80 Å². The van der Waals surface area contributed by atoms with Gasteiger partial charge in [-0.1, -0.05) is 13.8 Å². The van der Waals surface area contributed by atoms with Crippen LogP contribution in [0.15, 0.2) is 0 Å². The number of ether oxygens (including phenoxy) is 3. The van der Waals surface area contributed by atoms with Crippen LogP contribution >= 0.6 is 0 Å². The van der Waals surface area contributed by atoms with Crippen molar-refractivity contribution in [3.63, 3.8) is 0 Å². The highest BCUT2D eigenvalue weighted by molar-refractivity contribution is 6.62. The second-order valence-electron chi connectivity index (χ2n) is 5.40. The predicted octanol–water partition coefficient (Wildman–Crippen LogP) is 0.829. The SMILES string of the molecule is CC1COCCOCCO[Si](OCCO)(C(C)C)OCCO1. The van der Waals surface area contributed by atoms with Crippen molar-refractivity contribution in [3.8, 4) is 0 Å². The first-order valence-electron chi connectivity index (χ1n) is 7.90. The smallest absolute Gasteiger partial charge is 0.394 e. The Labute approximate surface area is 134 Å². The summed E-state index contributed by atoms with van der Waals surface area (Å²) in [6.45, 7) is 9.40. The van der Waals surface area contributed by atoms with Gasteiger partial charge in [-0.25, -0.2) is 0 Å². The fourth-order valence-electron chi connectivity index (χ4n) is 2.01. The molecule has 0 aromatic rings. The highest BCUT2D eigenvalue weighted by Gasteiger charge is 2.45. The van der Waals surface area contributed by atoms with Gasteiger partial charge in [-0.05, 0) is 6.92 Å². The average molecular weight is 338 g/mol. The predicted molar refractivity (Wildman–Crippen MR) is 82.8 cm³/mol. The molecule has 7 nitrogen and oxygen atoms in total. The maximum atomic E-state index is 9.03. The molecule has 0 amide bonds. The number of rotatable bonds is 4. The van der Waals surface area contributed by atoms with Gasteiger partial charge in [-0.3, -0.25) is 0 Å². The maximum absolute atomic E-state index is 9.03. The van der Waals surface area contributed by atoms with Crippen LogP contribution < -0.4 is 0 Å². The molecule has 1 saturated heterocycles. The van der Waals surface area contributed by atoms with E-state index in [4.69, 9.17) is 32.6 Å². The quantitative estimate of drug-likeness (QED) is 0.761. The minimum atomic E-state index is -2.86. The summed E-state index contributed by atoms with van der Waals surface area (Å²) in [5.74, 6) is 0. The third kappa shape index (κ3) is 7.47. The minimum Gasteiger partial charge on any atom is -0.394 e. The molecule has 2 atom stereocenters. The summed E-state index contributed by atoms with van der Waals surface area (Å²) in [5.41, 5.74) is 0.0905. The third-order valence-corrected chi connectivity index (χ3v) is 6.38. The first kappa shape index (κ1) is 20.0. The molecule has 0 aliphatic carbocycles. The fraction of sp³-hybridized carbons (Fsp3) is 1.00. The van der Waals surface area contributed by atoms with Gasteiger partial charge in [0, 0.05) is 5.54 Å². The molecule has 0 aromatic heterocycles. The molecule has 0 radical (unpaired) electrons. The van der Waals surface area contributed by atoms with E-state index in [2.05, 4.69) is 0 Å². The molecule has 0 aromatic carbocycles. The van der Waals surface area contributed by atoms with Gasteiger partial charge in [0.1, 0.15) is 0 Å². The summed E-state index contributed by atoms with van der Waals surface area (Å²) in [6, 6.07) is 0. The van der Waals surface area contributed by atoms with E-state index in [-0.39, 0.29) is 24.9 Å². The number of aliphatic hydroxyl groups excluding tert-OH is 1. The van der Waals surface area contributed by atoms with E-state index < -0.39 is 8.80 Å². The Hall–Kier alpha value is -0.0631. The molecule has 1 rings (SSSR count). The molecule has 0 spiro atoms. The van der Waals surface area contributed by atoms with E-state index in [1.165, 1.54) is 0 Å². The van der Waals surface area contributed by atoms with Crippen molar-refractivity contribution in [1.82, 2.24) is 0 Å². The summed E-state index contributed by atoms with van der Waals surface area (Å²) in [4.78, 5) is 0. The van der Waals surface area contributed by atoms with Crippen LogP contribution in [0.4, 0.5) is 0 Å². The zero-order chi connectivity index (χ0) is 16.3. The van der Waals surface area contributed by atoms with Crippen LogP contribution in [0.1, 0.15) is 20.8 Å². The minimum absolute atomic E-state index is 0.000866. The lowest BCUT2D eigenvalue weighted by Crippen LogP contribution is -2.50. The lowest BCUT2D eigenvalue weighted by Gasteiger charge is -2.32. The molecule has 8 heteroatoms. The van der Waals surface area contributed by atoms with Gasteiger partial charge in [0.25, 0.3) is 0 Å². The summed E-state index contributed by atoms with van der Waals surface area (Å²) in [7, 11) is -2.86. The van der Waals surface area contributed by atoms with Crippen molar-refractivity contribution in [2.24, 2.45) is 0 Å². The Morgan fingerprint density at radius 1 is 1.05 bits per heavy atom. The number of hydrogen-bond donors (Lipinski definition) is 1. The van der Waals surface area contributed by atoms with Gasteiger partial charge in [0.2, 0.25) is 0 Å². The first-order chi connectivity index (χ1) is 10.6. The van der Waals surface area contributed by atoms with E-state index in [1.54, 1.807) is 0 Å². The van der Waals surface area contributed by atoms with Crippen LogP contribution in [0.5, 0.6) is 0 Å². The van der Waals surface area contributed by atoms with Crippen molar-refractivity contribution in [3.05, 3.63) is 0 Å². The van der Waals surface area contributed by atoms with E-state index in [1.807, 2.05) is 20.8 Å². The van der Waals surface area contributed by atoms with Gasteiger partial charge < -0.3 is 32.6 Å². The van der Waals surface area contributed by atoms with Crippen LogP contribution in [-0.4, -0.2) is 79.5 Å². The standard InChI is InChI=1S/C14H30O7Si/c1-13(2)22(19-5-4-15)20-10-8-16-6-7-17-12-14(3)18-9-11-21-22/h13-15H,4-12H2,1-3H3. The maximum Gasteiger partial charge on any atom is 0.503 e. The highest BCUT2D eigenvalue weighted by Crippen LogP contribution is 2.25. The molecule has 2 unspecified atom stereocenters. The first-order valence-corrected chi connectivity index (χ1v) is 9.70. The van der Waals surface area contributed by atoms with Gasteiger partial charge in [0.15, 0.2) is 0 Å². The monoisotopic (exact) mass is 338 g/mol. The molecule has 1 aliphatic heterocycles. The van der Waals surface area contributed by atoms with Crippen molar-refractivity contribution >= 4 is 8.80 Å². The second kappa shape index (κ2) is 11.5. The van der Waals surface area contributed by atoms with Crippen LogP contribution in [0.2, 0.25) is 5.54 Å². The van der Waals surface area contributed by atoms with E-state index >= 15 is 0 Å².